The molecule has 0 bridgehead atoms. The van der Waals surface area contributed by atoms with Crippen molar-refractivity contribution in [3.05, 3.63) is 34.4 Å². The Morgan fingerprint density at radius 3 is 2.03 bits per heavy atom. The number of nitrogens with zero attached hydrogens (tertiary/aromatic N) is 1. The van der Waals surface area contributed by atoms with Gasteiger partial charge in [-0.2, -0.15) is 0 Å². The van der Waals surface area contributed by atoms with Crippen LogP contribution >= 0.6 is 0 Å². The zero-order chi connectivity index (χ0) is 24.3. The Hall–Kier alpha value is -1.98. The maximum Gasteiger partial charge on any atom is 0.269 e. The zero-order valence-electron chi connectivity index (χ0n) is 17.5. The number of rotatable bonds is 8. The summed E-state index contributed by atoms with van der Waals surface area (Å²) in [7, 11) is 1.23. The van der Waals surface area contributed by atoms with E-state index in [0.29, 0.717) is 0 Å². The third-order valence-electron chi connectivity index (χ3n) is 5.51. The van der Waals surface area contributed by atoms with Gasteiger partial charge in [-0.1, -0.05) is 0 Å². The summed E-state index contributed by atoms with van der Waals surface area (Å²) in [6.45, 7) is -1.30. The van der Waals surface area contributed by atoms with E-state index in [-0.39, 0.29) is 11.4 Å². The van der Waals surface area contributed by atoms with E-state index in [1.807, 2.05) is 0 Å². The topological polar surface area (TPSA) is 211 Å². The molecule has 1 aromatic carbocycles. The van der Waals surface area contributed by atoms with Crippen molar-refractivity contribution < 1.29 is 59.2 Å². The second kappa shape index (κ2) is 11.0. The average Bonchev–Trinajstić information content (AvgIpc) is 2.80. The van der Waals surface area contributed by atoms with Crippen molar-refractivity contribution in [3.63, 3.8) is 0 Å². The highest BCUT2D eigenvalue weighted by atomic mass is 16.7. The summed E-state index contributed by atoms with van der Waals surface area (Å²) in [4.78, 5) is 10.2. The standard InChI is InChI=1S/C19H27NO13/c1-29-17-12(23)10(6-21)31-19(15(17)26)33-16-11(7-22)32-18(14(25)13(16)24)30-9-4-2-8(3-5-9)20(27)28/h2-5,10-19,21-26H,6-7H2,1H3/t10-,11-,12+,13-,14-,15-,16-,17+,18-,19+/m1/s1. The fourth-order valence-corrected chi connectivity index (χ4v) is 3.70. The number of aliphatic hydroxyl groups is 6. The molecule has 10 atom stereocenters. The van der Waals surface area contributed by atoms with Crippen LogP contribution in [0.3, 0.4) is 0 Å². The highest BCUT2D eigenvalue weighted by Crippen LogP contribution is 2.31. The van der Waals surface area contributed by atoms with Crippen LogP contribution in [0, 0.1) is 10.1 Å². The van der Waals surface area contributed by atoms with Gasteiger partial charge in [-0.3, -0.25) is 10.1 Å². The second-order valence-corrected chi connectivity index (χ2v) is 7.58. The second-order valence-electron chi connectivity index (χ2n) is 7.58. The summed E-state index contributed by atoms with van der Waals surface area (Å²) in [5.74, 6) is 0.0988. The van der Waals surface area contributed by atoms with Gasteiger partial charge in [0.2, 0.25) is 6.29 Å². The lowest BCUT2D eigenvalue weighted by molar-refractivity contribution is -0.384. The van der Waals surface area contributed by atoms with Crippen LogP contribution in [0.15, 0.2) is 24.3 Å². The summed E-state index contributed by atoms with van der Waals surface area (Å²) < 4.78 is 27.0. The van der Waals surface area contributed by atoms with Crippen molar-refractivity contribution in [1.29, 1.82) is 0 Å². The average molecular weight is 477 g/mol. The molecular formula is C19H27NO13. The molecule has 0 unspecified atom stereocenters. The third kappa shape index (κ3) is 5.41. The van der Waals surface area contributed by atoms with E-state index in [0.717, 1.165) is 0 Å². The Labute approximate surface area is 187 Å². The summed E-state index contributed by atoms with van der Waals surface area (Å²) >= 11 is 0. The number of nitro benzene ring substituents is 1. The van der Waals surface area contributed by atoms with Gasteiger partial charge >= 0.3 is 0 Å². The summed E-state index contributed by atoms with van der Waals surface area (Å²) in [5.41, 5.74) is -0.180. The molecule has 1 aromatic rings. The summed E-state index contributed by atoms with van der Waals surface area (Å²) in [6.07, 6.45) is -14.2. The Morgan fingerprint density at radius 2 is 1.48 bits per heavy atom. The van der Waals surface area contributed by atoms with E-state index in [1.54, 1.807) is 0 Å². The van der Waals surface area contributed by atoms with Crippen molar-refractivity contribution in [2.45, 2.75) is 61.4 Å². The van der Waals surface area contributed by atoms with E-state index in [2.05, 4.69) is 0 Å². The van der Waals surface area contributed by atoms with Crippen LogP contribution in [0.1, 0.15) is 0 Å². The van der Waals surface area contributed by atoms with E-state index in [9.17, 15) is 40.8 Å². The van der Waals surface area contributed by atoms with Crippen LogP contribution in [0.2, 0.25) is 0 Å². The Balaban J connectivity index is 1.71. The van der Waals surface area contributed by atoms with Gasteiger partial charge in [-0.25, -0.2) is 0 Å². The van der Waals surface area contributed by atoms with Gasteiger partial charge in [-0.15, -0.1) is 0 Å². The number of hydrogen-bond acceptors (Lipinski definition) is 13. The van der Waals surface area contributed by atoms with Crippen LogP contribution in [-0.2, 0) is 18.9 Å². The van der Waals surface area contributed by atoms with Crippen molar-refractivity contribution in [3.8, 4) is 5.75 Å². The highest BCUT2D eigenvalue weighted by molar-refractivity contribution is 5.36. The Morgan fingerprint density at radius 1 is 0.879 bits per heavy atom. The van der Waals surface area contributed by atoms with Gasteiger partial charge in [0.1, 0.15) is 54.6 Å². The molecular weight excluding hydrogens is 450 g/mol. The molecule has 6 N–H and O–H groups in total. The monoisotopic (exact) mass is 477 g/mol. The van der Waals surface area contributed by atoms with Crippen molar-refractivity contribution in [1.82, 2.24) is 0 Å². The van der Waals surface area contributed by atoms with Crippen LogP contribution in [0.25, 0.3) is 0 Å². The normalized spacial score (nSPS) is 39.2. The molecule has 33 heavy (non-hydrogen) atoms. The van der Waals surface area contributed by atoms with E-state index in [4.69, 9.17) is 23.7 Å². The van der Waals surface area contributed by atoms with Crippen LogP contribution in [-0.4, -0.2) is 117 Å². The number of methoxy groups -OCH3 is 1. The lowest BCUT2D eigenvalue weighted by Gasteiger charge is -2.46. The smallest absolute Gasteiger partial charge is 0.269 e. The Bertz CT molecular complexity index is 777. The number of hydrogen-bond donors (Lipinski definition) is 6. The Kier molecular flexibility index (Phi) is 8.52. The molecule has 2 fully saturated rings. The number of benzene rings is 1. The van der Waals surface area contributed by atoms with E-state index in [1.165, 1.54) is 31.4 Å². The molecule has 2 aliphatic heterocycles. The first-order valence-electron chi connectivity index (χ1n) is 10.1. The predicted octanol–water partition coefficient (Wildman–Crippen LogP) is -2.75. The quantitative estimate of drug-likeness (QED) is 0.166. The van der Waals surface area contributed by atoms with Crippen LogP contribution in [0.4, 0.5) is 5.69 Å². The first-order valence-corrected chi connectivity index (χ1v) is 10.1. The van der Waals surface area contributed by atoms with E-state index >= 15 is 0 Å². The third-order valence-corrected chi connectivity index (χ3v) is 5.51. The summed E-state index contributed by atoms with van der Waals surface area (Å²) in [5, 5.41) is 71.5. The largest absolute Gasteiger partial charge is 0.462 e. The molecule has 186 valence electrons. The maximum absolute atomic E-state index is 10.8. The first kappa shape index (κ1) is 25.6. The van der Waals surface area contributed by atoms with Gasteiger partial charge in [0.05, 0.1) is 18.1 Å². The molecule has 0 aromatic heterocycles. The first-order chi connectivity index (χ1) is 15.7. The molecule has 14 nitrogen and oxygen atoms in total. The minimum Gasteiger partial charge on any atom is -0.462 e. The van der Waals surface area contributed by atoms with Gasteiger partial charge in [0.15, 0.2) is 6.29 Å². The molecule has 2 heterocycles. The molecule has 0 radical (unpaired) electrons. The van der Waals surface area contributed by atoms with E-state index < -0.39 is 79.5 Å². The minimum absolute atomic E-state index is 0.0988. The minimum atomic E-state index is -1.69. The van der Waals surface area contributed by atoms with Gasteiger partial charge in [0, 0.05) is 19.2 Å². The van der Waals surface area contributed by atoms with Crippen molar-refractivity contribution >= 4 is 5.69 Å². The van der Waals surface area contributed by atoms with Gasteiger partial charge in [0.25, 0.3) is 5.69 Å². The summed E-state index contributed by atoms with van der Waals surface area (Å²) in [6, 6.07) is 4.90. The molecule has 3 rings (SSSR count). The van der Waals surface area contributed by atoms with Crippen LogP contribution in [0.5, 0.6) is 5.75 Å². The number of non-ortho nitro benzene ring substituents is 1. The van der Waals surface area contributed by atoms with Crippen LogP contribution < -0.4 is 4.74 Å². The maximum atomic E-state index is 10.8. The predicted molar refractivity (Wildman–Crippen MR) is 105 cm³/mol. The zero-order valence-corrected chi connectivity index (χ0v) is 17.5. The molecule has 0 amide bonds. The molecule has 2 saturated heterocycles. The lowest BCUT2D eigenvalue weighted by atomic mass is 9.97. The van der Waals surface area contributed by atoms with Gasteiger partial charge < -0.3 is 54.3 Å². The lowest BCUT2D eigenvalue weighted by Crippen LogP contribution is -2.65. The fourth-order valence-electron chi connectivity index (χ4n) is 3.70. The molecule has 14 heteroatoms. The number of ether oxygens (including phenoxy) is 5. The number of nitro groups is 1. The fraction of sp³-hybridized carbons (Fsp3) is 0.684. The molecule has 2 aliphatic rings. The SMILES string of the molecule is CO[C@H]1[C@@H](O)[C@@H](CO)O[C@@H](O[C@H]2[C@H](O)[C@@H](O)[C@H](Oc3ccc([N+](=O)[O-])cc3)O[C@@H]2CO)[C@@H]1O. The number of aliphatic hydroxyl groups excluding tert-OH is 6. The van der Waals surface area contributed by atoms with Crippen molar-refractivity contribution in [2.24, 2.45) is 0 Å². The molecule has 0 spiro atoms. The highest BCUT2D eigenvalue weighted by Gasteiger charge is 2.51. The molecule has 0 aliphatic carbocycles. The molecule has 0 saturated carbocycles. The van der Waals surface area contributed by atoms with Crippen molar-refractivity contribution in [2.75, 3.05) is 20.3 Å². The van der Waals surface area contributed by atoms with Gasteiger partial charge in [-0.05, 0) is 12.1 Å².